The van der Waals surface area contributed by atoms with E-state index >= 15 is 0 Å². The van der Waals surface area contributed by atoms with Gasteiger partial charge in [0.25, 0.3) is 5.91 Å². The van der Waals surface area contributed by atoms with Crippen LogP contribution in [-0.4, -0.2) is 57.5 Å². The van der Waals surface area contributed by atoms with Crippen LogP contribution in [-0.2, 0) is 23.1 Å². The summed E-state index contributed by atoms with van der Waals surface area (Å²) in [4.78, 5) is 49.4. The van der Waals surface area contributed by atoms with Crippen LogP contribution < -0.4 is 15.5 Å². The van der Waals surface area contributed by atoms with Gasteiger partial charge in [-0.25, -0.2) is 14.8 Å². The number of amides is 4. The second-order valence-electron chi connectivity index (χ2n) is 12.3. The molecule has 47 heavy (non-hydrogen) atoms. The van der Waals surface area contributed by atoms with Crippen LogP contribution in [0.4, 0.5) is 29.3 Å². The zero-order valence-electron chi connectivity index (χ0n) is 25.7. The Morgan fingerprint density at radius 2 is 1.79 bits per heavy atom. The second-order valence-corrected chi connectivity index (χ2v) is 13.3. The summed E-state index contributed by atoms with van der Waals surface area (Å²) in [5.74, 6) is -0.907. The number of alkyl halides is 3. The summed E-state index contributed by atoms with van der Waals surface area (Å²) in [6.45, 7) is 5.72. The van der Waals surface area contributed by atoms with Gasteiger partial charge in [0.05, 0.1) is 20.8 Å². The lowest BCUT2D eigenvalue weighted by atomic mass is 9.95. The van der Waals surface area contributed by atoms with Crippen molar-refractivity contribution < 1.29 is 32.7 Å². The van der Waals surface area contributed by atoms with E-state index < -0.39 is 35.1 Å². The van der Waals surface area contributed by atoms with Crippen molar-refractivity contribution in [1.29, 1.82) is 0 Å². The van der Waals surface area contributed by atoms with Gasteiger partial charge in [0.15, 0.2) is 0 Å². The van der Waals surface area contributed by atoms with Crippen LogP contribution in [0.5, 0.6) is 0 Å². The number of rotatable bonds is 7. The maximum absolute atomic E-state index is 13.2. The molecule has 2 aliphatic heterocycles. The normalized spacial score (nSPS) is 16.9. The highest BCUT2D eigenvalue weighted by Crippen LogP contribution is 2.39. The van der Waals surface area contributed by atoms with E-state index in [1.807, 2.05) is 24.3 Å². The van der Waals surface area contributed by atoms with Gasteiger partial charge in [-0.3, -0.25) is 24.7 Å². The fourth-order valence-electron chi connectivity index (χ4n) is 5.96. The number of fused-ring (bicyclic) bond motifs is 1. The number of carbonyl (C=O) groups is 3. The van der Waals surface area contributed by atoms with Gasteiger partial charge in [-0.1, -0.05) is 24.3 Å². The summed E-state index contributed by atoms with van der Waals surface area (Å²) in [7, 11) is 0. The Balaban J connectivity index is 1.17. The number of hydrogen-bond donors (Lipinski definition) is 3. The molecule has 2 aliphatic rings. The van der Waals surface area contributed by atoms with Crippen molar-refractivity contribution in [2.24, 2.45) is 0 Å². The van der Waals surface area contributed by atoms with E-state index in [4.69, 9.17) is 4.98 Å². The predicted molar refractivity (Wildman–Crippen MR) is 171 cm³/mol. The molecule has 0 bridgehead atoms. The molecule has 6 rings (SSSR count). The number of thiazole rings is 1. The first-order valence-electron chi connectivity index (χ1n) is 15.2. The third-order valence-corrected chi connectivity index (χ3v) is 9.57. The second kappa shape index (κ2) is 12.7. The van der Waals surface area contributed by atoms with Crippen molar-refractivity contribution in [2.75, 3.05) is 29.9 Å². The Labute approximate surface area is 272 Å². The third-order valence-electron chi connectivity index (χ3n) is 8.39. The molecule has 10 nitrogen and oxygen atoms in total. The maximum atomic E-state index is 13.2. The SMILES string of the molecule is CC(C)(O)c1cc2nc(C3CCN(Cc4ccccc4N4CCC(=O)NC4=O)CC3)sc2cc1NC(=O)c1cccc(C(F)(F)F)n1. The van der Waals surface area contributed by atoms with E-state index in [0.717, 1.165) is 59.0 Å². The number of benzene rings is 2. The molecule has 2 saturated heterocycles. The van der Waals surface area contributed by atoms with Crippen LogP contribution in [0.25, 0.3) is 10.2 Å². The number of likely N-dealkylation sites (tertiary alicyclic amines) is 1. The standard InChI is InChI=1S/C33H33F3N6O4S/c1-32(2,46)21-16-24-26(17-23(21)38-29(44)22-7-5-9-27(37-22)33(34,35)36)47-30(39-24)19-10-13-41(14-11-19)18-20-6-3-4-8-25(20)42-15-12-28(43)40-31(42)45/h3-9,16-17,19,46H,10-15,18H2,1-2H3,(H,38,44)(H,40,43,45). The third kappa shape index (κ3) is 7.14. The van der Waals surface area contributed by atoms with Gasteiger partial charge in [-0.05, 0) is 75.7 Å². The molecule has 2 fully saturated rings. The van der Waals surface area contributed by atoms with Gasteiger partial charge in [0, 0.05) is 42.4 Å². The van der Waals surface area contributed by atoms with Crippen molar-refractivity contribution >= 4 is 50.8 Å². The number of imide groups is 1. The summed E-state index contributed by atoms with van der Waals surface area (Å²) < 4.78 is 40.3. The van der Waals surface area contributed by atoms with Crippen molar-refractivity contribution in [3.8, 4) is 0 Å². The number of nitrogens with zero attached hydrogens (tertiary/aromatic N) is 4. The van der Waals surface area contributed by atoms with Crippen LogP contribution in [0, 0.1) is 0 Å². The summed E-state index contributed by atoms with van der Waals surface area (Å²) in [5.41, 5.74) is 0.158. The quantitative estimate of drug-likeness (QED) is 0.220. The first-order chi connectivity index (χ1) is 22.3. The summed E-state index contributed by atoms with van der Waals surface area (Å²) in [6, 6.07) is 13.8. The lowest BCUT2D eigenvalue weighted by Gasteiger charge is -2.33. The van der Waals surface area contributed by atoms with Crippen molar-refractivity contribution in [3.63, 3.8) is 0 Å². The lowest BCUT2D eigenvalue weighted by Crippen LogP contribution is -2.50. The highest BCUT2D eigenvalue weighted by atomic mass is 32.1. The number of piperidine rings is 1. The molecule has 0 spiro atoms. The molecule has 4 aromatic rings. The van der Waals surface area contributed by atoms with Gasteiger partial charge < -0.3 is 10.4 Å². The number of carbonyl (C=O) groups excluding carboxylic acids is 3. The van der Waals surface area contributed by atoms with E-state index in [1.54, 1.807) is 30.9 Å². The summed E-state index contributed by atoms with van der Waals surface area (Å²) in [6.07, 6.45) is -2.74. The zero-order valence-corrected chi connectivity index (χ0v) is 26.5. The van der Waals surface area contributed by atoms with E-state index in [0.29, 0.717) is 24.2 Å². The lowest BCUT2D eigenvalue weighted by molar-refractivity contribution is -0.141. The molecule has 0 unspecified atom stereocenters. The van der Waals surface area contributed by atoms with Gasteiger partial charge in [-0.2, -0.15) is 13.2 Å². The topological polar surface area (TPSA) is 128 Å². The smallest absolute Gasteiger partial charge is 0.386 e. The van der Waals surface area contributed by atoms with Crippen molar-refractivity contribution in [1.82, 2.24) is 20.2 Å². The number of urea groups is 1. The number of anilines is 2. The molecule has 4 amide bonds. The fourth-order valence-corrected chi connectivity index (χ4v) is 7.12. The number of aromatic nitrogens is 2. The molecular weight excluding hydrogens is 633 g/mol. The monoisotopic (exact) mass is 666 g/mol. The Hall–Kier alpha value is -4.40. The molecule has 0 aliphatic carbocycles. The van der Waals surface area contributed by atoms with Crippen LogP contribution in [0.15, 0.2) is 54.6 Å². The number of nitrogens with one attached hydrogen (secondary N) is 2. The molecule has 0 saturated carbocycles. The van der Waals surface area contributed by atoms with Crippen molar-refractivity contribution in [2.45, 2.75) is 57.3 Å². The molecule has 4 heterocycles. The average Bonchev–Trinajstić information content (AvgIpc) is 3.44. The van der Waals surface area contributed by atoms with Gasteiger partial charge >= 0.3 is 12.2 Å². The number of aliphatic hydroxyl groups is 1. The van der Waals surface area contributed by atoms with Crippen LogP contribution in [0.1, 0.15) is 71.3 Å². The molecule has 246 valence electrons. The minimum Gasteiger partial charge on any atom is -0.386 e. The molecule has 0 radical (unpaired) electrons. The predicted octanol–water partition coefficient (Wildman–Crippen LogP) is 6.02. The molecule has 3 N–H and O–H groups in total. The number of hydrogen-bond acceptors (Lipinski definition) is 8. The minimum absolute atomic E-state index is 0.190. The fraction of sp³-hybridized carbons (Fsp3) is 0.364. The number of para-hydroxylation sites is 1. The maximum Gasteiger partial charge on any atom is 0.433 e. The van der Waals surface area contributed by atoms with Gasteiger partial charge in [0.2, 0.25) is 5.91 Å². The Morgan fingerprint density at radius 3 is 2.49 bits per heavy atom. The van der Waals surface area contributed by atoms with Crippen molar-refractivity contribution in [3.05, 3.63) is 82.1 Å². The van der Waals surface area contributed by atoms with Gasteiger partial charge in [-0.15, -0.1) is 11.3 Å². The van der Waals surface area contributed by atoms with Crippen LogP contribution >= 0.6 is 11.3 Å². The highest BCUT2D eigenvalue weighted by Gasteiger charge is 2.33. The highest BCUT2D eigenvalue weighted by molar-refractivity contribution is 7.18. The first-order valence-corrected chi connectivity index (χ1v) is 16.0. The van der Waals surface area contributed by atoms with Crippen LogP contribution in [0.3, 0.4) is 0 Å². The van der Waals surface area contributed by atoms with Gasteiger partial charge in [0.1, 0.15) is 11.4 Å². The zero-order chi connectivity index (χ0) is 33.5. The summed E-state index contributed by atoms with van der Waals surface area (Å²) >= 11 is 1.49. The van der Waals surface area contributed by atoms with Crippen LogP contribution in [0.2, 0.25) is 0 Å². The summed E-state index contributed by atoms with van der Waals surface area (Å²) in [5, 5.41) is 16.9. The molecule has 2 aromatic heterocycles. The van der Waals surface area contributed by atoms with E-state index in [9.17, 15) is 32.7 Å². The Bertz CT molecular complexity index is 1850. The molecule has 2 aromatic carbocycles. The molecule has 14 heteroatoms. The molecule has 0 atom stereocenters. The largest absolute Gasteiger partial charge is 0.433 e. The van der Waals surface area contributed by atoms with E-state index in [-0.39, 0.29) is 23.9 Å². The average molecular weight is 667 g/mol. The molecular formula is C33H33F3N6O4S. The first kappa shape index (κ1) is 32.5. The number of halogens is 3. The van der Waals surface area contributed by atoms with E-state index in [2.05, 4.69) is 20.5 Å². The Kier molecular flexibility index (Phi) is 8.76. The Morgan fingerprint density at radius 1 is 1.04 bits per heavy atom. The van der Waals surface area contributed by atoms with E-state index in [1.165, 1.54) is 17.4 Å². The number of pyridine rings is 1. The minimum atomic E-state index is -4.69.